The number of hydrogen-bond acceptors (Lipinski definition) is 3. The summed E-state index contributed by atoms with van der Waals surface area (Å²) in [5, 5.41) is 7.31. The summed E-state index contributed by atoms with van der Waals surface area (Å²) in [7, 11) is 0. The molecule has 0 aliphatic carbocycles. The molecule has 0 aliphatic heterocycles. The highest BCUT2D eigenvalue weighted by Crippen LogP contribution is 2.25. The highest BCUT2D eigenvalue weighted by atomic mass is 16.3. The second-order valence-electron chi connectivity index (χ2n) is 3.45. The Balaban J connectivity index is 2.19. The van der Waals surface area contributed by atoms with Crippen molar-refractivity contribution in [3.63, 3.8) is 0 Å². The summed E-state index contributed by atoms with van der Waals surface area (Å²) >= 11 is 0. The van der Waals surface area contributed by atoms with Crippen LogP contribution in [0.15, 0.2) is 51.7 Å². The molecule has 0 spiro atoms. The average Bonchev–Trinajstić information content (AvgIpc) is 2.73. The second kappa shape index (κ2) is 3.34. The van der Waals surface area contributed by atoms with Crippen molar-refractivity contribution in [3.05, 3.63) is 52.8 Å². The van der Waals surface area contributed by atoms with Crippen molar-refractivity contribution in [3.8, 4) is 11.5 Å². The van der Waals surface area contributed by atoms with Crippen molar-refractivity contribution < 1.29 is 4.42 Å². The fraction of sp³-hybridized carbons (Fsp3) is 0. The Morgan fingerprint density at radius 2 is 2.00 bits per heavy atom. The maximum Gasteiger partial charge on any atom is 0.264 e. The Bertz CT molecular complexity index is 644. The molecule has 0 saturated heterocycles. The van der Waals surface area contributed by atoms with E-state index in [0.29, 0.717) is 11.5 Å². The molecular weight excluding hydrogens is 204 g/mol. The molecule has 0 saturated carbocycles. The first-order valence-electron chi connectivity index (χ1n) is 4.87. The first kappa shape index (κ1) is 8.91. The van der Waals surface area contributed by atoms with E-state index in [4.69, 9.17) is 4.42 Å². The Kier molecular flexibility index (Phi) is 1.86. The minimum Gasteiger partial charge on any atom is -0.454 e. The molecule has 3 rings (SSSR count). The van der Waals surface area contributed by atoms with E-state index in [1.165, 1.54) is 6.07 Å². The quantitative estimate of drug-likeness (QED) is 0.672. The van der Waals surface area contributed by atoms with Crippen LogP contribution in [-0.2, 0) is 0 Å². The van der Waals surface area contributed by atoms with Crippen molar-refractivity contribution >= 4 is 11.0 Å². The summed E-state index contributed by atoms with van der Waals surface area (Å²) in [5.74, 6) is 0.650. The lowest BCUT2D eigenvalue weighted by molar-refractivity contribution is 0.626. The van der Waals surface area contributed by atoms with E-state index in [0.717, 1.165) is 11.0 Å². The van der Waals surface area contributed by atoms with Crippen LogP contribution < -0.4 is 5.56 Å². The first-order valence-corrected chi connectivity index (χ1v) is 4.87. The van der Waals surface area contributed by atoms with Crippen LogP contribution in [0.3, 0.4) is 0 Å². The molecule has 78 valence electrons. The molecule has 0 unspecified atom stereocenters. The number of H-pyrrole nitrogens is 1. The van der Waals surface area contributed by atoms with Crippen LogP contribution in [0.5, 0.6) is 0 Å². The molecule has 0 radical (unpaired) electrons. The standard InChI is InChI=1S/C12H8N2O2/c15-12-6-5-9(13-14-12)11-7-8-3-1-2-4-10(8)16-11/h1-7H,(H,14,15). The third-order valence-corrected chi connectivity index (χ3v) is 2.36. The lowest BCUT2D eigenvalue weighted by atomic mass is 10.2. The molecule has 2 heterocycles. The number of benzene rings is 1. The molecular formula is C12H8N2O2. The SMILES string of the molecule is O=c1ccc(-c2cc3ccccc3o2)n[nH]1. The zero-order valence-corrected chi connectivity index (χ0v) is 8.31. The lowest BCUT2D eigenvalue weighted by Crippen LogP contribution is -2.05. The van der Waals surface area contributed by atoms with E-state index >= 15 is 0 Å². The molecule has 1 aromatic carbocycles. The monoisotopic (exact) mass is 212 g/mol. The van der Waals surface area contributed by atoms with Gasteiger partial charge in [-0.25, -0.2) is 5.10 Å². The molecule has 4 nitrogen and oxygen atoms in total. The smallest absolute Gasteiger partial charge is 0.264 e. The molecule has 0 aliphatic rings. The van der Waals surface area contributed by atoms with Gasteiger partial charge < -0.3 is 4.42 Å². The predicted molar refractivity (Wildman–Crippen MR) is 60.1 cm³/mol. The van der Waals surface area contributed by atoms with E-state index in [9.17, 15) is 4.79 Å². The number of rotatable bonds is 1. The fourth-order valence-corrected chi connectivity index (χ4v) is 1.59. The Labute approximate surface area is 90.5 Å². The zero-order chi connectivity index (χ0) is 11.0. The number of furan rings is 1. The van der Waals surface area contributed by atoms with Gasteiger partial charge in [0.2, 0.25) is 0 Å². The molecule has 0 bridgehead atoms. The van der Waals surface area contributed by atoms with Crippen LogP contribution in [-0.4, -0.2) is 10.2 Å². The van der Waals surface area contributed by atoms with Gasteiger partial charge in [-0.3, -0.25) is 4.79 Å². The van der Waals surface area contributed by atoms with Crippen molar-refractivity contribution in [2.24, 2.45) is 0 Å². The van der Waals surface area contributed by atoms with Gasteiger partial charge in [0.15, 0.2) is 5.76 Å². The highest BCUT2D eigenvalue weighted by molar-refractivity contribution is 5.81. The Hall–Kier alpha value is -2.36. The Morgan fingerprint density at radius 1 is 1.12 bits per heavy atom. The molecule has 0 atom stereocenters. The van der Waals surface area contributed by atoms with Crippen molar-refractivity contribution in [1.29, 1.82) is 0 Å². The molecule has 0 fully saturated rings. The van der Waals surface area contributed by atoms with Gasteiger partial charge >= 0.3 is 0 Å². The van der Waals surface area contributed by atoms with Gasteiger partial charge in [-0.05, 0) is 18.2 Å². The molecule has 2 aromatic heterocycles. The molecule has 16 heavy (non-hydrogen) atoms. The van der Waals surface area contributed by atoms with E-state index in [-0.39, 0.29) is 5.56 Å². The number of aromatic amines is 1. The maximum absolute atomic E-state index is 10.9. The third-order valence-electron chi connectivity index (χ3n) is 2.36. The van der Waals surface area contributed by atoms with E-state index in [1.54, 1.807) is 6.07 Å². The summed E-state index contributed by atoms with van der Waals surface area (Å²) in [6.07, 6.45) is 0. The molecule has 3 aromatic rings. The molecule has 1 N–H and O–H groups in total. The average molecular weight is 212 g/mol. The fourth-order valence-electron chi connectivity index (χ4n) is 1.59. The van der Waals surface area contributed by atoms with Crippen molar-refractivity contribution in [1.82, 2.24) is 10.2 Å². The predicted octanol–water partition coefficient (Wildman–Crippen LogP) is 2.18. The number of nitrogens with zero attached hydrogens (tertiary/aromatic N) is 1. The van der Waals surface area contributed by atoms with E-state index in [1.807, 2.05) is 30.3 Å². The van der Waals surface area contributed by atoms with Gasteiger partial charge in [0.1, 0.15) is 11.3 Å². The Morgan fingerprint density at radius 3 is 2.75 bits per heavy atom. The summed E-state index contributed by atoms with van der Waals surface area (Å²) in [6, 6.07) is 12.7. The van der Waals surface area contributed by atoms with Crippen LogP contribution in [0.4, 0.5) is 0 Å². The van der Waals surface area contributed by atoms with Crippen molar-refractivity contribution in [2.75, 3.05) is 0 Å². The number of fused-ring (bicyclic) bond motifs is 1. The van der Waals surface area contributed by atoms with Crippen LogP contribution in [0.1, 0.15) is 0 Å². The van der Waals surface area contributed by atoms with E-state index < -0.39 is 0 Å². The maximum atomic E-state index is 10.9. The third kappa shape index (κ3) is 1.40. The molecule has 0 amide bonds. The number of aromatic nitrogens is 2. The van der Waals surface area contributed by atoms with Gasteiger partial charge in [0.05, 0.1) is 0 Å². The number of para-hydroxylation sites is 1. The summed E-state index contributed by atoms with van der Waals surface area (Å²) < 4.78 is 5.61. The van der Waals surface area contributed by atoms with Crippen LogP contribution in [0.2, 0.25) is 0 Å². The normalized spacial score (nSPS) is 10.8. The largest absolute Gasteiger partial charge is 0.454 e. The first-order chi connectivity index (χ1) is 7.83. The van der Waals surface area contributed by atoms with Gasteiger partial charge in [-0.15, -0.1) is 0 Å². The summed E-state index contributed by atoms with van der Waals surface area (Å²) in [6.45, 7) is 0. The molecule has 4 heteroatoms. The topological polar surface area (TPSA) is 58.9 Å². The second-order valence-corrected chi connectivity index (χ2v) is 3.45. The highest BCUT2D eigenvalue weighted by Gasteiger charge is 2.06. The van der Waals surface area contributed by atoms with Gasteiger partial charge in [0.25, 0.3) is 5.56 Å². The summed E-state index contributed by atoms with van der Waals surface area (Å²) in [5.41, 5.74) is 1.21. The van der Waals surface area contributed by atoms with Crippen LogP contribution >= 0.6 is 0 Å². The number of nitrogens with one attached hydrogen (secondary N) is 1. The minimum atomic E-state index is -0.222. The van der Waals surface area contributed by atoms with Crippen LogP contribution in [0.25, 0.3) is 22.4 Å². The van der Waals surface area contributed by atoms with Gasteiger partial charge in [-0.2, -0.15) is 5.10 Å². The van der Waals surface area contributed by atoms with Gasteiger partial charge in [-0.1, -0.05) is 18.2 Å². The summed E-state index contributed by atoms with van der Waals surface area (Å²) in [4.78, 5) is 10.9. The lowest BCUT2D eigenvalue weighted by Gasteiger charge is -1.92. The van der Waals surface area contributed by atoms with Crippen molar-refractivity contribution in [2.45, 2.75) is 0 Å². The zero-order valence-electron chi connectivity index (χ0n) is 8.31. The minimum absolute atomic E-state index is 0.222. The van der Waals surface area contributed by atoms with Crippen LogP contribution in [0, 0.1) is 0 Å². The number of hydrogen-bond donors (Lipinski definition) is 1. The van der Waals surface area contributed by atoms with Gasteiger partial charge in [0, 0.05) is 11.5 Å². The van der Waals surface area contributed by atoms with E-state index in [2.05, 4.69) is 10.2 Å².